The van der Waals surface area contributed by atoms with E-state index < -0.39 is 0 Å². The van der Waals surface area contributed by atoms with Crippen LogP contribution in [0.1, 0.15) is 23.7 Å². The van der Waals surface area contributed by atoms with E-state index in [1.54, 1.807) is 19.1 Å². The summed E-state index contributed by atoms with van der Waals surface area (Å²) in [5, 5.41) is 0. The number of hydrogen-bond donors (Lipinski definition) is 0. The van der Waals surface area contributed by atoms with Crippen LogP contribution in [-0.2, 0) is 0 Å². The highest BCUT2D eigenvalue weighted by Gasteiger charge is 2.00. The molecule has 0 fully saturated rings. The van der Waals surface area contributed by atoms with Crippen LogP contribution in [0.3, 0.4) is 0 Å². The maximum absolute atomic E-state index is 11.5. The van der Waals surface area contributed by atoms with Crippen molar-refractivity contribution < 1.29 is 4.79 Å². The van der Waals surface area contributed by atoms with Gasteiger partial charge in [0.05, 0.1) is 6.42 Å². The van der Waals surface area contributed by atoms with Crippen LogP contribution >= 0.6 is 8.58 Å². The minimum Gasteiger partial charge on any atom is -0.366 e. The van der Waals surface area contributed by atoms with Gasteiger partial charge in [0, 0.05) is 5.56 Å². The molecule has 0 N–H and O–H groups in total. The van der Waals surface area contributed by atoms with Gasteiger partial charge in [0.15, 0.2) is 5.78 Å². The SMILES string of the molecule is CC#C[P-]C#CCC(=O)c1ccccc1. The predicted octanol–water partition coefficient (Wildman–Crippen LogP) is 3.15. The van der Waals surface area contributed by atoms with E-state index in [0.717, 1.165) is 8.58 Å². The van der Waals surface area contributed by atoms with Crippen molar-refractivity contribution in [2.75, 3.05) is 0 Å². The third-order valence-corrected chi connectivity index (χ3v) is 2.25. The van der Waals surface area contributed by atoms with E-state index in [0.29, 0.717) is 5.56 Å². The second-order valence-corrected chi connectivity index (χ2v) is 3.40. The van der Waals surface area contributed by atoms with Crippen LogP contribution < -0.4 is 0 Å². The van der Waals surface area contributed by atoms with Gasteiger partial charge < -0.3 is 8.58 Å². The summed E-state index contributed by atoms with van der Waals surface area (Å²) in [6.45, 7) is 1.77. The van der Waals surface area contributed by atoms with Gasteiger partial charge in [0.25, 0.3) is 0 Å². The van der Waals surface area contributed by atoms with Gasteiger partial charge in [-0.05, 0) is 6.92 Å². The first kappa shape index (κ1) is 11.5. The number of carbonyl (C=O) groups excluding carboxylic acids is 1. The van der Waals surface area contributed by atoms with Gasteiger partial charge in [-0.1, -0.05) is 30.3 Å². The van der Waals surface area contributed by atoms with E-state index in [1.807, 2.05) is 18.2 Å². The Balaban J connectivity index is 2.48. The summed E-state index contributed by atoms with van der Waals surface area (Å²) < 4.78 is 0. The van der Waals surface area contributed by atoms with Crippen molar-refractivity contribution >= 4 is 14.4 Å². The lowest BCUT2D eigenvalue weighted by atomic mass is 10.1. The molecule has 0 aliphatic carbocycles. The fraction of sp³-hybridized carbons (Fsp3) is 0.154. The van der Waals surface area contributed by atoms with Crippen LogP contribution in [0, 0.1) is 23.2 Å². The molecule has 0 amide bonds. The van der Waals surface area contributed by atoms with Crippen LogP contribution in [0.5, 0.6) is 0 Å². The van der Waals surface area contributed by atoms with Crippen molar-refractivity contribution in [3.63, 3.8) is 0 Å². The molecule has 1 aromatic carbocycles. The highest BCUT2D eigenvalue weighted by Crippen LogP contribution is 2.04. The number of ketones is 1. The zero-order valence-electron chi connectivity index (χ0n) is 8.45. The van der Waals surface area contributed by atoms with E-state index in [-0.39, 0.29) is 12.2 Å². The molecule has 0 saturated heterocycles. The van der Waals surface area contributed by atoms with E-state index in [9.17, 15) is 4.79 Å². The second kappa shape index (κ2) is 6.83. The second-order valence-electron chi connectivity index (χ2n) is 2.73. The summed E-state index contributed by atoms with van der Waals surface area (Å²) in [5.41, 5.74) is 6.33. The smallest absolute Gasteiger partial charge is 0.174 e. The quantitative estimate of drug-likeness (QED) is 0.419. The summed E-state index contributed by atoms with van der Waals surface area (Å²) in [5.74, 6) is 5.60. The third-order valence-electron chi connectivity index (χ3n) is 1.65. The molecule has 1 rings (SSSR count). The molecule has 0 saturated carbocycles. The molecule has 1 nitrogen and oxygen atoms in total. The van der Waals surface area contributed by atoms with Gasteiger partial charge in [0.1, 0.15) is 0 Å². The summed E-state index contributed by atoms with van der Waals surface area (Å²) in [6.07, 6.45) is 0.266. The van der Waals surface area contributed by atoms with Gasteiger partial charge in [-0.3, -0.25) is 16.1 Å². The summed E-state index contributed by atoms with van der Waals surface area (Å²) in [6, 6.07) is 9.18. The molecule has 0 aliphatic heterocycles. The van der Waals surface area contributed by atoms with Crippen molar-refractivity contribution in [2.45, 2.75) is 13.3 Å². The monoisotopic (exact) mass is 213 g/mol. The standard InChI is InChI=1S/C13H10OP/c1-2-10-15-11-6-9-13(14)12-7-4-3-5-8-12/h3-5,7-8H,9H2,1H3/q-1. The first-order valence-electron chi connectivity index (χ1n) is 4.52. The Morgan fingerprint density at radius 2 is 2.00 bits per heavy atom. The lowest BCUT2D eigenvalue weighted by Crippen LogP contribution is -1.95. The van der Waals surface area contributed by atoms with Crippen molar-refractivity contribution in [1.82, 2.24) is 0 Å². The van der Waals surface area contributed by atoms with Crippen LogP contribution in [0.15, 0.2) is 30.3 Å². The van der Waals surface area contributed by atoms with E-state index in [2.05, 4.69) is 23.2 Å². The van der Waals surface area contributed by atoms with E-state index >= 15 is 0 Å². The lowest BCUT2D eigenvalue weighted by Gasteiger charge is -1.96. The molecule has 0 aliphatic rings. The number of benzene rings is 1. The highest BCUT2D eigenvalue weighted by molar-refractivity contribution is 7.49. The van der Waals surface area contributed by atoms with Crippen molar-refractivity contribution in [3.05, 3.63) is 35.9 Å². The van der Waals surface area contributed by atoms with Crippen LogP contribution in [0.2, 0.25) is 0 Å². The topological polar surface area (TPSA) is 17.1 Å². The molecule has 0 heterocycles. The fourth-order valence-electron chi connectivity index (χ4n) is 0.969. The number of rotatable bonds is 2. The first-order valence-corrected chi connectivity index (χ1v) is 5.41. The molecule has 0 spiro atoms. The first-order chi connectivity index (χ1) is 7.34. The Kier molecular flexibility index (Phi) is 5.24. The lowest BCUT2D eigenvalue weighted by molar-refractivity contribution is 0.0998. The third kappa shape index (κ3) is 4.46. The Hall–Kier alpha value is -1.56. The molecule has 2 heteroatoms. The van der Waals surface area contributed by atoms with Crippen LogP contribution in [0.4, 0.5) is 0 Å². The van der Waals surface area contributed by atoms with Crippen molar-refractivity contribution in [3.8, 4) is 23.2 Å². The number of hydrogen-bond acceptors (Lipinski definition) is 1. The zero-order valence-corrected chi connectivity index (χ0v) is 9.34. The normalized spacial score (nSPS) is 8.87. The minimum absolute atomic E-state index is 0.0581. The Labute approximate surface area is 92.1 Å². The molecule has 0 radical (unpaired) electrons. The molecule has 0 atom stereocenters. The average molecular weight is 213 g/mol. The average Bonchev–Trinajstić information content (AvgIpc) is 2.30. The summed E-state index contributed by atoms with van der Waals surface area (Å²) in [7, 11) is 0.765. The fourth-order valence-corrected chi connectivity index (χ4v) is 1.30. The highest BCUT2D eigenvalue weighted by atomic mass is 31.1. The molecular weight excluding hydrogens is 203 g/mol. The molecule has 74 valence electrons. The molecule has 15 heavy (non-hydrogen) atoms. The van der Waals surface area contributed by atoms with Crippen LogP contribution in [-0.4, -0.2) is 5.78 Å². The Morgan fingerprint density at radius 3 is 2.67 bits per heavy atom. The predicted molar refractivity (Wildman–Crippen MR) is 63.5 cm³/mol. The maximum atomic E-state index is 11.5. The van der Waals surface area contributed by atoms with E-state index in [1.165, 1.54) is 0 Å². The van der Waals surface area contributed by atoms with Crippen molar-refractivity contribution in [2.24, 2.45) is 0 Å². The zero-order chi connectivity index (χ0) is 10.9. The van der Waals surface area contributed by atoms with Gasteiger partial charge in [-0.2, -0.15) is 0 Å². The Bertz CT molecular complexity index is 440. The molecule has 0 unspecified atom stereocenters. The Morgan fingerprint density at radius 1 is 1.27 bits per heavy atom. The summed E-state index contributed by atoms with van der Waals surface area (Å²) in [4.78, 5) is 11.5. The minimum atomic E-state index is 0.0581. The molecule has 0 aromatic heterocycles. The molecule has 1 aromatic rings. The van der Waals surface area contributed by atoms with Crippen molar-refractivity contribution in [1.29, 1.82) is 0 Å². The largest absolute Gasteiger partial charge is 0.366 e. The molecule has 0 bridgehead atoms. The van der Waals surface area contributed by atoms with E-state index in [4.69, 9.17) is 0 Å². The number of carbonyl (C=O) groups is 1. The number of Topliss-reactive ketones (excluding diaryl/α,β-unsaturated/α-hetero) is 1. The van der Waals surface area contributed by atoms with Gasteiger partial charge in [-0.25, -0.2) is 0 Å². The van der Waals surface area contributed by atoms with Crippen LogP contribution in [0.25, 0.3) is 0 Å². The van der Waals surface area contributed by atoms with Gasteiger partial charge >= 0.3 is 0 Å². The van der Waals surface area contributed by atoms with Gasteiger partial charge in [-0.15, -0.1) is 11.8 Å². The summed E-state index contributed by atoms with van der Waals surface area (Å²) >= 11 is 0. The van der Waals surface area contributed by atoms with Gasteiger partial charge in [0.2, 0.25) is 0 Å². The maximum Gasteiger partial charge on any atom is 0.174 e. The molecular formula is C13H10OP-.